The van der Waals surface area contributed by atoms with Crippen LogP contribution >= 0.6 is 0 Å². The lowest BCUT2D eigenvalue weighted by Gasteiger charge is -2.22. The van der Waals surface area contributed by atoms with Crippen LogP contribution in [0.1, 0.15) is 25.8 Å². The molecule has 0 bridgehead atoms. The highest BCUT2D eigenvalue weighted by Gasteiger charge is 2.25. The molecule has 4 nitrogen and oxygen atoms in total. The SMILES string of the molecule is CC(C)(CCN)C(=O)NCc1cccnc1. The summed E-state index contributed by atoms with van der Waals surface area (Å²) in [6.45, 7) is 4.84. The molecule has 1 aromatic heterocycles. The molecule has 0 atom stereocenters. The zero-order valence-corrected chi connectivity index (χ0v) is 9.86. The molecule has 0 radical (unpaired) electrons. The molecule has 3 N–H and O–H groups in total. The highest BCUT2D eigenvalue weighted by Crippen LogP contribution is 2.19. The molecule has 16 heavy (non-hydrogen) atoms. The highest BCUT2D eigenvalue weighted by atomic mass is 16.2. The molecule has 4 heteroatoms. The molecular weight excluding hydrogens is 202 g/mol. The largest absolute Gasteiger partial charge is 0.352 e. The Labute approximate surface area is 96.3 Å². The van der Waals surface area contributed by atoms with Gasteiger partial charge in [-0.1, -0.05) is 19.9 Å². The van der Waals surface area contributed by atoms with Crippen LogP contribution in [0, 0.1) is 5.41 Å². The Balaban J connectivity index is 2.47. The van der Waals surface area contributed by atoms with Gasteiger partial charge in [-0.05, 0) is 24.6 Å². The fourth-order valence-electron chi connectivity index (χ4n) is 1.40. The number of hydrogen-bond donors (Lipinski definition) is 2. The van der Waals surface area contributed by atoms with Crippen LogP contribution in [0.25, 0.3) is 0 Å². The van der Waals surface area contributed by atoms with Gasteiger partial charge in [0.15, 0.2) is 0 Å². The number of nitrogens with two attached hydrogens (primary N) is 1. The van der Waals surface area contributed by atoms with Crippen molar-refractivity contribution in [3.63, 3.8) is 0 Å². The predicted octanol–water partition coefficient (Wildman–Crippen LogP) is 1.07. The maximum Gasteiger partial charge on any atom is 0.225 e. The molecular formula is C12H19N3O. The molecule has 1 aromatic rings. The van der Waals surface area contributed by atoms with E-state index in [1.54, 1.807) is 12.4 Å². The topological polar surface area (TPSA) is 68.0 Å². The molecule has 0 fully saturated rings. The van der Waals surface area contributed by atoms with E-state index in [9.17, 15) is 4.79 Å². The maximum atomic E-state index is 11.8. The monoisotopic (exact) mass is 221 g/mol. The summed E-state index contributed by atoms with van der Waals surface area (Å²) in [5.74, 6) is 0.0294. The highest BCUT2D eigenvalue weighted by molar-refractivity contribution is 5.81. The number of aromatic nitrogens is 1. The molecule has 0 aliphatic carbocycles. The van der Waals surface area contributed by atoms with Gasteiger partial charge in [0.1, 0.15) is 0 Å². The minimum atomic E-state index is -0.406. The first-order valence-corrected chi connectivity index (χ1v) is 5.43. The minimum absolute atomic E-state index is 0.0294. The maximum absolute atomic E-state index is 11.8. The number of amides is 1. The zero-order chi connectivity index (χ0) is 12.0. The van der Waals surface area contributed by atoms with Gasteiger partial charge in [0, 0.05) is 24.4 Å². The van der Waals surface area contributed by atoms with Crippen molar-refractivity contribution in [2.75, 3.05) is 6.54 Å². The van der Waals surface area contributed by atoms with E-state index in [1.807, 2.05) is 26.0 Å². The number of rotatable bonds is 5. The van der Waals surface area contributed by atoms with Gasteiger partial charge < -0.3 is 11.1 Å². The molecule has 0 aliphatic heterocycles. The van der Waals surface area contributed by atoms with Gasteiger partial charge in [0.05, 0.1) is 0 Å². The Morgan fingerprint density at radius 2 is 2.31 bits per heavy atom. The van der Waals surface area contributed by atoms with Gasteiger partial charge in [-0.2, -0.15) is 0 Å². The molecule has 1 heterocycles. The Kier molecular flexibility index (Phi) is 4.43. The lowest BCUT2D eigenvalue weighted by molar-refractivity contribution is -0.129. The van der Waals surface area contributed by atoms with Crippen molar-refractivity contribution in [2.45, 2.75) is 26.8 Å². The normalized spacial score (nSPS) is 11.2. The second-order valence-electron chi connectivity index (χ2n) is 4.47. The van der Waals surface area contributed by atoms with Gasteiger partial charge in [-0.3, -0.25) is 9.78 Å². The van der Waals surface area contributed by atoms with Crippen molar-refractivity contribution >= 4 is 5.91 Å². The molecule has 0 spiro atoms. The fourth-order valence-corrected chi connectivity index (χ4v) is 1.40. The van der Waals surface area contributed by atoms with Crippen molar-refractivity contribution in [3.05, 3.63) is 30.1 Å². The van der Waals surface area contributed by atoms with E-state index in [0.717, 1.165) is 5.56 Å². The van der Waals surface area contributed by atoms with Crippen molar-refractivity contribution < 1.29 is 4.79 Å². The second-order valence-corrected chi connectivity index (χ2v) is 4.47. The Morgan fingerprint density at radius 3 is 2.88 bits per heavy atom. The summed E-state index contributed by atoms with van der Waals surface area (Å²) >= 11 is 0. The van der Waals surface area contributed by atoms with E-state index in [1.165, 1.54) is 0 Å². The molecule has 1 amide bonds. The average Bonchev–Trinajstić information content (AvgIpc) is 2.27. The van der Waals surface area contributed by atoms with E-state index in [4.69, 9.17) is 5.73 Å². The molecule has 1 rings (SSSR count). The third kappa shape index (κ3) is 3.62. The summed E-state index contributed by atoms with van der Waals surface area (Å²) in [7, 11) is 0. The third-order valence-corrected chi connectivity index (χ3v) is 2.56. The van der Waals surface area contributed by atoms with E-state index >= 15 is 0 Å². The zero-order valence-electron chi connectivity index (χ0n) is 9.86. The van der Waals surface area contributed by atoms with Crippen molar-refractivity contribution in [3.8, 4) is 0 Å². The van der Waals surface area contributed by atoms with E-state index in [2.05, 4.69) is 10.3 Å². The Hall–Kier alpha value is -1.42. The van der Waals surface area contributed by atoms with Crippen molar-refractivity contribution in [2.24, 2.45) is 11.1 Å². The molecule has 0 aliphatic rings. The summed E-state index contributed by atoms with van der Waals surface area (Å²) in [6.07, 6.45) is 4.14. The van der Waals surface area contributed by atoms with Crippen LogP contribution in [-0.2, 0) is 11.3 Å². The van der Waals surface area contributed by atoms with Crippen LogP contribution in [0.4, 0.5) is 0 Å². The van der Waals surface area contributed by atoms with Crippen molar-refractivity contribution in [1.29, 1.82) is 0 Å². The molecule has 88 valence electrons. The van der Waals surface area contributed by atoms with Crippen LogP contribution in [0.2, 0.25) is 0 Å². The van der Waals surface area contributed by atoms with Crippen LogP contribution in [-0.4, -0.2) is 17.4 Å². The summed E-state index contributed by atoms with van der Waals surface area (Å²) < 4.78 is 0. The van der Waals surface area contributed by atoms with Crippen molar-refractivity contribution in [1.82, 2.24) is 10.3 Å². The molecule has 0 unspecified atom stereocenters. The van der Waals surface area contributed by atoms with Crippen LogP contribution in [0.15, 0.2) is 24.5 Å². The van der Waals surface area contributed by atoms with Crippen LogP contribution in [0.3, 0.4) is 0 Å². The van der Waals surface area contributed by atoms with Gasteiger partial charge in [-0.15, -0.1) is 0 Å². The summed E-state index contributed by atoms with van der Waals surface area (Å²) in [5, 5.41) is 2.89. The standard InChI is InChI=1S/C12H19N3O/c1-12(2,5-6-13)11(16)15-9-10-4-3-7-14-8-10/h3-4,7-8H,5-6,9,13H2,1-2H3,(H,15,16). The Morgan fingerprint density at radius 1 is 1.56 bits per heavy atom. The smallest absolute Gasteiger partial charge is 0.225 e. The van der Waals surface area contributed by atoms with E-state index in [0.29, 0.717) is 19.5 Å². The number of nitrogens with zero attached hydrogens (tertiary/aromatic N) is 1. The number of carbonyl (C=O) groups is 1. The number of carbonyl (C=O) groups excluding carboxylic acids is 1. The predicted molar refractivity (Wildman–Crippen MR) is 63.5 cm³/mol. The molecule has 0 aromatic carbocycles. The van der Waals surface area contributed by atoms with Gasteiger partial charge >= 0.3 is 0 Å². The average molecular weight is 221 g/mol. The Bertz CT molecular complexity index is 335. The number of hydrogen-bond acceptors (Lipinski definition) is 3. The first-order valence-electron chi connectivity index (χ1n) is 5.43. The molecule has 0 saturated carbocycles. The van der Waals surface area contributed by atoms with Gasteiger partial charge in [0.2, 0.25) is 5.91 Å². The number of nitrogens with one attached hydrogen (secondary N) is 1. The lowest BCUT2D eigenvalue weighted by Crippen LogP contribution is -2.37. The lowest BCUT2D eigenvalue weighted by atomic mass is 9.88. The first-order chi connectivity index (χ1) is 7.56. The number of pyridine rings is 1. The van der Waals surface area contributed by atoms with E-state index < -0.39 is 5.41 Å². The molecule has 0 saturated heterocycles. The fraction of sp³-hybridized carbons (Fsp3) is 0.500. The van der Waals surface area contributed by atoms with Gasteiger partial charge in [-0.25, -0.2) is 0 Å². The first kappa shape index (κ1) is 12.6. The second kappa shape index (κ2) is 5.61. The van der Waals surface area contributed by atoms with Crippen LogP contribution in [0.5, 0.6) is 0 Å². The summed E-state index contributed by atoms with van der Waals surface area (Å²) in [4.78, 5) is 15.8. The quantitative estimate of drug-likeness (QED) is 0.781. The van der Waals surface area contributed by atoms with E-state index in [-0.39, 0.29) is 5.91 Å². The minimum Gasteiger partial charge on any atom is -0.352 e. The summed E-state index contributed by atoms with van der Waals surface area (Å²) in [5.41, 5.74) is 6.06. The van der Waals surface area contributed by atoms with Gasteiger partial charge in [0.25, 0.3) is 0 Å². The third-order valence-electron chi connectivity index (χ3n) is 2.56. The summed E-state index contributed by atoms with van der Waals surface area (Å²) in [6, 6.07) is 3.79. The van der Waals surface area contributed by atoms with Crippen LogP contribution < -0.4 is 11.1 Å².